The van der Waals surface area contributed by atoms with Gasteiger partial charge in [-0.25, -0.2) is 4.79 Å². The minimum Gasteiger partial charge on any atom is -0.396 e. The van der Waals surface area contributed by atoms with Crippen molar-refractivity contribution in [2.75, 3.05) is 19.8 Å². The van der Waals surface area contributed by atoms with Crippen LogP contribution in [0.25, 0.3) is 0 Å². The van der Waals surface area contributed by atoms with Crippen LogP contribution >= 0.6 is 0 Å². The summed E-state index contributed by atoms with van der Waals surface area (Å²) >= 11 is 0. The Balaban J connectivity index is 1.74. The lowest BCUT2D eigenvalue weighted by Gasteiger charge is -2.36. The molecule has 3 atom stereocenters. The van der Waals surface area contributed by atoms with E-state index in [1.165, 1.54) is 11.1 Å². The fraction of sp³-hybridized carbons (Fsp3) is 0.550. The highest BCUT2D eigenvalue weighted by atomic mass is 16.3. The van der Waals surface area contributed by atoms with E-state index in [4.69, 9.17) is 0 Å². The summed E-state index contributed by atoms with van der Waals surface area (Å²) in [7, 11) is 0. The van der Waals surface area contributed by atoms with Gasteiger partial charge in [-0.15, -0.1) is 0 Å². The number of hydrogen-bond acceptors (Lipinski definition) is 3. The molecule has 5 nitrogen and oxygen atoms in total. The number of hydrogen-bond donors (Lipinski definition) is 3. The molecule has 0 saturated carbocycles. The molecule has 3 N–H and O–H groups in total. The maximum Gasteiger partial charge on any atom is 0.318 e. The van der Waals surface area contributed by atoms with Crippen molar-refractivity contribution < 1.29 is 15.0 Å². The number of benzene rings is 1. The highest BCUT2D eigenvalue weighted by Crippen LogP contribution is 2.34. The molecule has 0 fully saturated rings. The number of nitrogens with one attached hydrogen (secondary N) is 1. The number of carbonyl (C=O) groups excluding carboxylic acids is 1. The van der Waals surface area contributed by atoms with Crippen LogP contribution in [-0.2, 0) is 6.42 Å². The lowest BCUT2D eigenvalue weighted by Crippen LogP contribution is -2.47. The number of aliphatic hydroxyl groups is 2. The highest BCUT2D eigenvalue weighted by molar-refractivity contribution is 5.75. The van der Waals surface area contributed by atoms with Crippen LogP contribution in [0.3, 0.4) is 0 Å². The number of nitrogens with zero attached hydrogens (tertiary/aromatic N) is 1. The average Bonchev–Trinajstić information content (AvgIpc) is 3.09. The number of aliphatic hydroxyl groups excluding tert-OH is 2. The lowest BCUT2D eigenvalue weighted by atomic mass is 9.87. The van der Waals surface area contributed by atoms with Crippen LogP contribution in [0.5, 0.6) is 0 Å². The Morgan fingerprint density at radius 2 is 2.08 bits per heavy atom. The molecule has 0 unspecified atom stereocenters. The van der Waals surface area contributed by atoms with Gasteiger partial charge >= 0.3 is 6.03 Å². The molecule has 0 spiro atoms. The first-order valence-corrected chi connectivity index (χ1v) is 9.28. The Bertz CT molecular complexity index is 617. The lowest BCUT2D eigenvalue weighted by molar-refractivity contribution is 0.155. The van der Waals surface area contributed by atoms with Crippen molar-refractivity contribution in [1.82, 2.24) is 10.2 Å². The van der Waals surface area contributed by atoms with Crippen molar-refractivity contribution in [3.05, 3.63) is 47.5 Å². The largest absolute Gasteiger partial charge is 0.396 e. The van der Waals surface area contributed by atoms with Crippen LogP contribution in [0.4, 0.5) is 4.79 Å². The van der Waals surface area contributed by atoms with Gasteiger partial charge in [0, 0.05) is 31.7 Å². The summed E-state index contributed by atoms with van der Waals surface area (Å²) in [4.78, 5) is 14.8. The Kier molecular flexibility index (Phi) is 6.10. The molecule has 0 heterocycles. The fourth-order valence-electron chi connectivity index (χ4n) is 3.95. The highest BCUT2D eigenvalue weighted by Gasteiger charge is 2.30. The molecule has 2 aliphatic carbocycles. The van der Waals surface area contributed by atoms with Crippen molar-refractivity contribution in [3.8, 4) is 0 Å². The number of rotatable bonds is 6. The molecule has 3 rings (SSSR count). The monoisotopic (exact) mass is 344 g/mol. The molecule has 0 bridgehead atoms. The quantitative estimate of drug-likeness (QED) is 0.694. The van der Waals surface area contributed by atoms with Gasteiger partial charge in [0.2, 0.25) is 0 Å². The second kappa shape index (κ2) is 8.50. The summed E-state index contributed by atoms with van der Waals surface area (Å²) in [6, 6.07) is 8.31. The minimum atomic E-state index is -0.0802. The molecule has 5 heteroatoms. The zero-order chi connectivity index (χ0) is 17.6. The van der Waals surface area contributed by atoms with E-state index in [1.54, 1.807) is 0 Å². The number of aryl methyl sites for hydroxylation is 1. The summed E-state index contributed by atoms with van der Waals surface area (Å²) < 4.78 is 0. The normalized spacial score (nSPS) is 24.8. The molecule has 2 aliphatic rings. The number of amides is 2. The SMILES string of the molecule is O=C(N[C@@H]1C=C[C@H](CO)C1)N(CCCO)[C@@H]1CCCc2ccccc21. The van der Waals surface area contributed by atoms with E-state index in [2.05, 4.69) is 23.5 Å². The van der Waals surface area contributed by atoms with Crippen LogP contribution in [-0.4, -0.2) is 46.9 Å². The number of fused-ring (bicyclic) bond motifs is 1. The maximum atomic E-state index is 12.9. The fourth-order valence-corrected chi connectivity index (χ4v) is 3.95. The van der Waals surface area contributed by atoms with Gasteiger partial charge in [-0.1, -0.05) is 36.4 Å². The predicted octanol–water partition coefficient (Wildman–Crippen LogP) is 2.40. The number of carbonyl (C=O) groups is 1. The van der Waals surface area contributed by atoms with Crippen molar-refractivity contribution in [2.45, 2.75) is 44.2 Å². The smallest absolute Gasteiger partial charge is 0.318 e. The van der Waals surface area contributed by atoms with E-state index in [0.29, 0.717) is 13.0 Å². The van der Waals surface area contributed by atoms with Gasteiger partial charge in [0.25, 0.3) is 0 Å². The summed E-state index contributed by atoms with van der Waals surface area (Å²) in [5.74, 6) is 0.131. The van der Waals surface area contributed by atoms with E-state index in [0.717, 1.165) is 25.7 Å². The summed E-state index contributed by atoms with van der Waals surface area (Å²) in [5, 5.41) is 21.6. The third-order valence-corrected chi connectivity index (χ3v) is 5.25. The molecule has 0 radical (unpaired) electrons. The van der Waals surface area contributed by atoms with E-state index in [9.17, 15) is 15.0 Å². The molecule has 0 aliphatic heterocycles. The second-order valence-corrected chi connectivity index (χ2v) is 7.00. The van der Waals surface area contributed by atoms with Crippen molar-refractivity contribution >= 4 is 6.03 Å². The maximum absolute atomic E-state index is 12.9. The van der Waals surface area contributed by atoms with E-state index < -0.39 is 0 Å². The Morgan fingerprint density at radius 1 is 1.24 bits per heavy atom. The zero-order valence-corrected chi connectivity index (χ0v) is 14.6. The molecular weight excluding hydrogens is 316 g/mol. The molecule has 136 valence electrons. The van der Waals surface area contributed by atoms with Crippen molar-refractivity contribution in [1.29, 1.82) is 0 Å². The summed E-state index contributed by atoms with van der Waals surface area (Å²) in [6.07, 6.45) is 8.35. The Labute approximate surface area is 149 Å². The topological polar surface area (TPSA) is 72.8 Å². The van der Waals surface area contributed by atoms with Gasteiger partial charge in [-0.2, -0.15) is 0 Å². The van der Waals surface area contributed by atoms with Crippen LogP contribution in [0, 0.1) is 5.92 Å². The van der Waals surface area contributed by atoms with Crippen LogP contribution < -0.4 is 5.32 Å². The summed E-state index contributed by atoms with van der Waals surface area (Å²) in [5.41, 5.74) is 2.55. The molecule has 1 aromatic rings. The molecule has 2 amide bonds. The molecule has 0 aromatic heterocycles. The van der Waals surface area contributed by atoms with Crippen molar-refractivity contribution in [3.63, 3.8) is 0 Å². The Hall–Kier alpha value is -1.85. The first-order chi connectivity index (χ1) is 12.2. The van der Waals surface area contributed by atoms with E-state index in [1.807, 2.05) is 23.1 Å². The van der Waals surface area contributed by atoms with Crippen LogP contribution in [0.15, 0.2) is 36.4 Å². The van der Waals surface area contributed by atoms with E-state index >= 15 is 0 Å². The zero-order valence-electron chi connectivity index (χ0n) is 14.6. The van der Waals surface area contributed by atoms with E-state index in [-0.39, 0.29) is 37.2 Å². The van der Waals surface area contributed by atoms with Gasteiger partial charge in [-0.05, 0) is 43.2 Å². The molecular formula is C20H28N2O3. The average molecular weight is 344 g/mol. The van der Waals surface area contributed by atoms with Gasteiger partial charge in [0.05, 0.1) is 6.04 Å². The van der Waals surface area contributed by atoms with Gasteiger partial charge in [0.15, 0.2) is 0 Å². The summed E-state index contributed by atoms with van der Waals surface area (Å²) in [6.45, 7) is 0.738. The molecule has 1 aromatic carbocycles. The van der Waals surface area contributed by atoms with Gasteiger partial charge in [-0.3, -0.25) is 0 Å². The number of urea groups is 1. The Morgan fingerprint density at radius 3 is 2.84 bits per heavy atom. The first-order valence-electron chi connectivity index (χ1n) is 9.28. The molecule has 25 heavy (non-hydrogen) atoms. The van der Waals surface area contributed by atoms with Crippen LogP contribution in [0.2, 0.25) is 0 Å². The standard InChI is InChI=1S/C20H28N2O3/c23-12-4-11-22(20(25)21-17-10-9-15(13-17)14-24)19-8-3-6-16-5-1-2-7-18(16)19/h1-2,5,7,9-10,15,17,19,23-24H,3-4,6,8,11-14H2,(H,21,25)/t15-,17+,19+/m0/s1. The third-order valence-electron chi connectivity index (χ3n) is 5.25. The van der Waals surface area contributed by atoms with Gasteiger partial charge < -0.3 is 20.4 Å². The predicted molar refractivity (Wildman–Crippen MR) is 97.2 cm³/mol. The third kappa shape index (κ3) is 4.22. The second-order valence-electron chi connectivity index (χ2n) is 7.00. The first kappa shape index (κ1) is 18.0. The van der Waals surface area contributed by atoms with Crippen LogP contribution in [0.1, 0.15) is 42.9 Å². The minimum absolute atomic E-state index is 0.0277. The molecule has 0 saturated heterocycles. The van der Waals surface area contributed by atoms with Gasteiger partial charge in [0.1, 0.15) is 0 Å². The van der Waals surface area contributed by atoms with Crippen molar-refractivity contribution in [2.24, 2.45) is 5.92 Å².